The first-order valence-electron chi connectivity index (χ1n) is 5.68. The zero-order valence-electron chi connectivity index (χ0n) is 9.42. The summed E-state index contributed by atoms with van der Waals surface area (Å²) in [6.07, 6.45) is 0. The Morgan fingerprint density at radius 2 is 1.94 bits per heavy atom. The Labute approximate surface area is 107 Å². The van der Waals surface area contributed by atoms with Crippen molar-refractivity contribution >= 4 is 32.6 Å². The number of fused-ring (bicyclic) bond motifs is 2. The van der Waals surface area contributed by atoms with Crippen LogP contribution in [0.15, 0.2) is 48.0 Å². The van der Waals surface area contributed by atoms with Crippen LogP contribution in [-0.2, 0) is 0 Å². The number of hydrogen-bond acceptors (Lipinski definition) is 3. The minimum absolute atomic E-state index is 0.895. The number of thiazole rings is 1. The van der Waals surface area contributed by atoms with E-state index in [9.17, 15) is 0 Å². The number of H-pyrrole nitrogens is 1. The van der Waals surface area contributed by atoms with Crippen LogP contribution in [0, 0.1) is 0 Å². The van der Waals surface area contributed by atoms with Crippen LogP contribution in [0.5, 0.6) is 0 Å². The molecule has 0 unspecified atom stereocenters. The zero-order valence-corrected chi connectivity index (χ0v) is 10.2. The first kappa shape index (κ1) is 9.79. The molecule has 2 heterocycles. The van der Waals surface area contributed by atoms with E-state index in [1.807, 2.05) is 29.8 Å². The fraction of sp³-hybridized carbons (Fsp3) is 0. The fourth-order valence-corrected chi connectivity index (χ4v) is 2.75. The van der Waals surface area contributed by atoms with Gasteiger partial charge >= 0.3 is 0 Å². The molecule has 2 aromatic carbocycles. The van der Waals surface area contributed by atoms with Crippen molar-refractivity contribution in [2.75, 3.05) is 0 Å². The monoisotopic (exact) mass is 251 g/mol. The van der Waals surface area contributed by atoms with E-state index in [1.54, 1.807) is 11.3 Å². The van der Waals surface area contributed by atoms with E-state index in [2.05, 4.69) is 33.2 Å². The highest BCUT2D eigenvalue weighted by atomic mass is 32.1. The van der Waals surface area contributed by atoms with E-state index in [1.165, 1.54) is 4.70 Å². The van der Waals surface area contributed by atoms with Crippen LogP contribution in [0.25, 0.3) is 32.6 Å². The quantitative estimate of drug-likeness (QED) is 0.558. The van der Waals surface area contributed by atoms with E-state index in [0.717, 1.165) is 27.9 Å². The van der Waals surface area contributed by atoms with E-state index in [0.29, 0.717) is 0 Å². The summed E-state index contributed by atoms with van der Waals surface area (Å²) in [4.78, 5) is 12.3. The Hall–Kier alpha value is -2.20. The second-order valence-electron chi connectivity index (χ2n) is 4.14. The maximum absolute atomic E-state index is 4.59. The van der Waals surface area contributed by atoms with Crippen molar-refractivity contribution in [3.05, 3.63) is 48.0 Å². The van der Waals surface area contributed by atoms with Gasteiger partial charge in [0.05, 0.1) is 26.8 Å². The van der Waals surface area contributed by atoms with Crippen molar-refractivity contribution in [2.45, 2.75) is 0 Å². The lowest BCUT2D eigenvalue weighted by Crippen LogP contribution is -1.79. The average Bonchev–Trinajstić information content (AvgIpc) is 3.04. The van der Waals surface area contributed by atoms with E-state index >= 15 is 0 Å². The first-order chi connectivity index (χ1) is 8.90. The van der Waals surface area contributed by atoms with Gasteiger partial charge in [-0.25, -0.2) is 9.97 Å². The third-order valence-corrected chi connectivity index (χ3v) is 3.80. The molecule has 18 heavy (non-hydrogen) atoms. The van der Waals surface area contributed by atoms with Gasteiger partial charge in [0.2, 0.25) is 0 Å². The van der Waals surface area contributed by atoms with Crippen molar-refractivity contribution in [1.29, 1.82) is 0 Å². The van der Waals surface area contributed by atoms with Crippen molar-refractivity contribution < 1.29 is 0 Å². The van der Waals surface area contributed by atoms with Gasteiger partial charge < -0.3 is 4.98 Å². The van der Waals surface area contributed by atoms with E-state index < -0.39 is 0 Å². The highest BCUT2D eigenvalue weighted by molar-refractivity contribution is 7.16. The van der Waals surface area contributed by atoms with Crippen LogP contribution in [0.1, 0.15) is 0 Å². The fourth-order valence-electron chi connectivity index (χ4n) is 2.09. The Morgan fingerprint density at radius 3 is 2.89 bits per heavy atom. The topological polar surface area (TPSA) is 41.6 Å². The minimum atomic E-state index is 0.895. The number of hydrogen-bond donors (Lipinski definition) is 1. The Kier molecular flexibility index (Phi) is 1.98. The molecular formula is C14H9N3S. The number of para-hydroxylation sites is 2. The summed E-state index contributed by atoms with van der Waals surface area (Å²) in [6, 6.07) is 14.3. The van der Waals surface area contributed by atoms with Gasteiger partial charge in [-0.2, -0.15) is 0 Å². The molecule has 0 bridgehead atoms. The number of imidazole rings is 1. The molecule has 0 aliphatic heterocycles. The number of nitrogens with one attached hydrogen (secondary N) is 1. The van der Waals surface area contributed by atoms with Gasteiger partial charge in [0.15, 0.2) is 0 Å². The predicted molar refractivity (Wildman–Crippen MR) is 74.7 cm³/mol. The lowest BCUT2D eigenvalue weighted by molar-refractivity contribution is 1.34. The molecule has 0 spiro atoms. The number of aromatic amines is 1. The minimum Gasteiger partial charge on any atom is -0.338 e. The predicted octanol–water partition coefficient (Wildman–Crippen LogP) is 3.84. The molecule has 0 aliphatic carbocycles. The Balaban J connectivity index is 1.94. The molecule has 0 radical (unpaired) electrons. The highest BCUT2D eigenvalue weighted by Crippen LogP contribution is 2.25. The van der Waals surface area contributed by atoms with Gasteiger partial charge in [-0.1, -0.05) is 12.1 Å². The summed E-state index contributed by atoms with van der Waals surface area (Å²) in [5.41, 5.74) is 6.02. The van der Waals surface area contributed by atoms with E-state index in [-0.39, 0.29) is 0 Å². The van der Waals surface area contributed by atoms with Crippen LogP contribution in [0.2, 0.25) is 0 Å². The van der Waals surface area contributed by atoms with Gasteiger partial charge in [-0.15, -0.1) is 11.3 Å². The molecule has 0 aliphatic rings. The van der Waals surface area contributed by atoms with Crippen molar-refractivity contribution in [2.24, 2.45) is 0 Å². The number of benzene rings is 2. The molecule has 0 fully saturated rings. The standard InChI is InChI=1S/C14H9N3S/c1-2-4-11-10(3-1)16-14(17-11)9-5-6-13-12(7-9)15-8-18-13/h1-8H,(H,16,17). The Morgan fingerprint density at radius 1 is 1.00 bits per heavy atom. The molecule has 2 aromatic heterocycles. The summed E-state index contributed by atoms with van der Waals surface area (Å²) in [5, 5.41) is 0. The van der Waals surface area contributed by atoms with Crippen LogP contribution >= 0.6 is 11.3 Å². The maximum atomic E-state index is 4.59. The smallest absolute Gasteiger partial charge is 0.138 e. The van der Waals surface area contributed by atoms with Crippen LogP contribution in [0.4, 0.5) is 0 Å². The first-order valence-corrected chi connectivity index (χ1v) is 6.56. The molecule has 3 nitrogen and oxygen atoms in total. The molecular weight excluding hydrogens is 242 g/mol. The molecule has 0 atom stereocenters. The average molecular weight is 251 g/mol. The number of aromatic nitrogens is 3. The SMILES string of the molecule is c1ccc2[nH]c(-c3ccc4scnc4c3)nc2c1. The summed E-state index contributed by atoms with van der Waals surface area (Å²) in [7, 11) is 0. The third kappa shape index (κ3) is 1.43. The van der Waals surface area contributed by atoms with E-state index in [4.69, 9.17) is 0 Å². The molecule has 0 saturated heterocycles. The van der Waals surface area contributed by atoms with Crippen molar-refractivity contribution in [1.82, 2.24) is 15.0 Å². The van der Waals surface area contributed by atoms with Crippen molar-refractivity contribution in [3.63, 3.8) is 0 Å². The largest absolute Gasteiger partial charge is 0.338 e. The molecule has 1 N–H and O–H groups in total. The summed E-state index contributed by atoms with van der Waals surface area (Å²) in [6.45, 7) is 0. The normalized spacial score (nSPS) is 11.3. The second-order valence-corrected chi connectivity index (χ2v) is 5.02. The van der Waals surface area contributed by atoms with Gasteiger partial charge in [-0.05, 0) is 30.3 Å². The summed E-state index contributed by atoms with van der Waals surface area (Å²) in [5.74, 6) is 0.895. The second kappa shape index (κ2) is 3.65. The molecule has 4 rings (SSSR count). The summed E-state index contributed by atoms with van der Waals surface area (Å²) < 4.78 is 1.20. The number of rotatable bonds is 1. The Bertz CT molecular complexity index is 811. The number of nitrogens with zero attached hydrogens (tertiary/aromatic N) is 2. The zero-order chi connectivity index (χ0) is 11.9. The van der Waals surface area contributed by atoms with Crippen LogP contribution in [0.3, 0.4) is 0 Å². The molecule has 4 aromatic rings. The highest BCUT2D eigenvalue weighted by Gasteiger charge is 2.06. The van der Waals surface area contributed by atoms with Crippen LogP contribution < -0.4 is 0 Å². The van der Waals surface area contributed by atoms with Gasteiger partial charge in [-0.3, -0.25) is 0 Å². The summed E-state index contributed by atoms with van der Waals surface area (Å²) >= 11 is 1.65. The lowest BCUT2D eigenvalue weighted by atomic mass is 10.2. The third-order valence-electron chi connectivity index (χ3n) is 2.99. The molecule has 0 saturated carbocycles. The molecule has 4 heteroatoms. The van der Waals surface area contributed by atoms with Crippen molar-refractivity contribution in [3.8, 4) is 11.4 Å². The van der Waals surface area contributed by atoms with Gasteiger partial charge in [0, 0.05) is 5.56 Å². The maximum Gasteiger partial charge on any atom is 0.138 e. The molecule has 0 amide bonds. The van der Waals surface area contributed by atoms with Gasteiger partial charge in [0.25, 0.3) is 0 Å². The van der Waals surface area contributed by atoms with Crippen LogP contribution in [-0.4, -0.2) is 15.0 Å². The lowest BCUT2D eigenvalue weighted by Gasteiger charge is -1.95. The molecule has 86 valence electrons. The van der Waals surface area contributed by atoms with Gasteiger partial charge in [0.1, 0.15) is 5.82 Å².